The number of pyridine rings is 1. The van der Waals surface area contributed by atoms with Crippen LogP contribution in [0.2, 0.25) is 0 Å². The standard InChI is InChI=1S/C20H17Br2NO4/c1-18(2)19(3)6-7-20(18,16(25)15(19)24)17(26)27-14-12(22)9-11(21)10-5-4-8-23-13(10)14/h4-5,8-9H,6-7H2,1-3H3. The van der Waals surface area contributed by atoms with Crippen LogP contribution in [-0.4, -0.2) is 22.5 Å². The van der Waals surface area contributed by atoms with Crippen molar-refractivity contribution < 1.29 is 19.1 Å². The second-order valence-electron chi connectivity index (χ2n) is 7.98. The summed E-state index contributed by atoms with van der Waals surface area (Å²) in [5, 5.41) is 0.783. The van der Waals surface area contributed by atoms with Crippen molar-refractivity contribution in [2.75, 3.05) is 0 Å². The first-order chi connectivity index (χ1) is 12.6. The average Bonchev–Trinajstić information content (AvgIpc) is 2.90. The van der Waals surface area contributed by atoms with Gasteiger partial charge in [-0.3, -0.25) is 19.4 Å². The molecule has 1 aromatic heterocycles. The largest absolute Gasteiger partial charge is 0.422 e. The van der Waals surface area contributed by atoms with Gasteiger partial charge in [0, 0.05) is 26.9 Å². The van der Waals surface area contributed by atoms with Crippen molar-refractivity contribution in [3.05, 3.63) is 33.3 Å². The fourth-order valence-electron chi connectivity index (χ4n) is 4.65. The third kappa shape index (κ3) is 2.10. The Labute approximate surface area is 173 Å². The van der Waals surface area contributed by atoms with Crippen LogP contribution in [0.5, 0.6) is 5.75 Å². The molecule has 0 amide bonds. The first kappa shape index (κ1) is 18.7. The minimum absolute atomic E-state index is 0.254. The van der Waals surface area contributed by atoms with E-state index in [0.29, 0.717) is 22.8 Å². The number of Topliss-reactive ketones (excluding diaryl/α,β-unsaturated/α-hetero) is 2. The summed E-state index contributed by atoms with van der Waals surface area (Å²) in [6.45, 7) is 5.41. The van der Waals surface area contributed by atoms with Crippen LogP contribution in [0.1, 0.15) is 33.6 Å². The number of aromatic nitrogens is 1. The van der Waals surface area contributed by atoms with Gasteiger partial charge in [0.25, 0.3) is 0 Å². The number of hydrogen-bond donors (Lipinski definition) is 0. The summed E-state index contributed by atoms with van der Waals surface area (Å²) in [7, 11) is 0. The van der Waals surface area contributed by atoms with Crippen LogP contribution in [-0.2, 0) is 14.4 Å². The van der Waals surface area contributed by atoms with Crippen molar-refractivity contribution in [3.8, 4) is 5.75 Å². The van der Waals surface area contributed by atoms with Gasteiger partial charge in [0.15, 0.2) is 5.75 Å². The van der Waals surface area contributed by atoms with Crippen molar-refractivity contribution in [1.82, 2.24) is 4.98 Å². The van der Waals surface area contributed by atoms with Crippen LogP contribution in [0.15, 0.2) is 33.3 Å². The van der Waals surface area contributed by atoms with Crippen LogP contribution < -0.4 is 4.74 Å². The zero-order chi connectivity index (χ0) is 19.8. The van der Waals surface area contributed by atoms with Crippen molar-refractivity contribution in [2.24, 2.45) is 16.2 Å². The number of carbonyl (C=O) groups excluding carboxylic acids is 3. The minimum atomic E-state index is -1.45. The van der Waals surface area contributed by atoms with Crippen molar-refractivity contribution >= 4 is 60.3 Å². The molecular weight excluding hydrogens is 478 g/mol. The summed E-state index contributed by atoms with van der Waals surface area (Å²) in [5.41, 5.74) is -2.60. The van der Waals surface area contributed by atoms with Crippen molar-refractivity contribution in [3.63, 3.8) is 0 Å². The van der Waals surface area contributed by atoms with Crippen LogP contribution in [0.3, 0.4) is 0 Å². The lowest BCUT2D eigenvalue weighted by Crippen LogP contribution is -2.47. The first-order valence-electron chi connectivity index (χ1n) is 8.62. The fraction of sp³-hybridized carbons (Fsp3) is 0.400. The molecule has 1 aromatic carbocycles. The number of ether oxygens (including phenoxy) is 1. The summed E-state index contributed by atoms with van der Waals surface area (Å²) >= 11 is 6.90. The molecule has 2 fully saturated rings. The lowest BCUT2D eigenvalue weighted by Gasteiger charge is -2.36. The van der Waals surface area contributed by atoms with Gasteiger partial charge in [-0.2, -0.15) is 0 Å². The van der Waals surface area contributed by atoms with E-state index in [-0.39, 0.29) is 5.75 Å². The molecule has 2 aliphatic carbocycles. The number of nitrogens with zero attached hydrogens (tertiary/aromatic N) is 1. The molecular formula is C20H17Br2NO4. The Hall–Kier alpha value is -1.60. The summed E-state index contributed by atoms with van der Waals surface area (Å²) in [6, 6.07) is 5.42. The minimum Gasteiger partial charge on any atom is -0.422 e. The Morgan fingerprint density at radius 2 is 1.81 bits per heavy atom. The smallest absolute Gasteiger partial charge is 0.326 e. The molecule has 2 saturated carbocycles. The van der Waals surface area contributed by atoms with Gasteiger partial charge < -0.3 is 4.74 Å². The predicted octanol–water partition coefficient (Wildman–Crippen LogP) is 4.63. The summed E-state index contributed by atoms with van der Waals surface area (Å²) < 4.78 is 7.12. The van der Waals surface area contributed by atoms with Crippen LogP contribution in [0.4, 0.5) is 0 Å². The molecule has 0 N–H and O–H groups in total. The molecule has 2 unspecified atom stereocenters. The molecule has 1 heterocycles. The van der Waals surface area contributed by atoms with E-state index in [1.807, 2.05) is 19.9 Å². The van der Waals surface area contributed by atoms with Gasteiger partial charge in [-0.25, -0.2) is 0 Å². The number of fused-ring (bicyclic) bond motifs is 3. The van der Waals surface area contributed by atoms with E-state index in [1.54, 1.807) is 25.3 Å². The van der Waals surface area contributed by atoms with E-state index < -0.39 is 33.8 Å². The maximum absolute atomic E-state index is 13.3. The van der Waals surface area contributed by atoms with E-state index in [9.17, 15) is 14.4 Å². The Morgan fingerprint density at radius 3 is 2.44 bits per heavy atom. The Morgan fingerprint density at radius 1 is 1.11 bits per heavy atom. The van der Waals surface area contributed by atoms with Gasteiger partial charge in [-0.15, -0.1) is 0 Å². The van der Waals surface area contributed by atoms with Gasteiger partial charge >= 0.3 is 5.97 Å². The molecule has 2 bridgehead atoms. The number of hydrogen-bond acceptors (Lipinski definition) is 5. The third-order valence-electron chi connectivity index (χ3n) is 6.84. The number of halogens is 2. The van der Waals surface area contributed by atoms with E-state index in [2.05, 4.69) is 36.8 Å². The molecule has 5 nitrogen and oxygen atoms in total. The highest BCUT2D eigenvalue weighted by molar-refractivity contribution is 9.11. The van der Waals surface area contributed by atoms with E-state index in [0.717, 1.165) is 9.86 Å². The number of ketones is 2. The second-order valence-corrected chi connectivity index (χ2v) is 9.69. The van der Waals surface area contributed by atoms with Gasteiger partial charge in [0.2, 0.25) is 11.6 Å². The highest BCUT2D eigenvalue weighted by Crippen LogP contribution is 2.69. The van der Waals surface area contributed by atoms with E-state index in [4.69, 9.17) is 4.74 Å². The molecule has 0 aliphatic heterocycles. The molecule has 0 radical (unpaired) electrons. The highest BCUT2D eigenvalue weighted by Gasteiger charge is 2.78. The number of esters is 1. The van der Waals surface area contributed by atoms with E-state index >= 15 is 0 Å². The topological polar surface area (TPSA) is 73.3 Å². The number of benzene rings is 1. The zero-order valence-corrected chi connectivity index (χ0v) is 18.2. The summed E-state index contributed by atoms with van der Waals surface area (Å²) in [4.78, 5) is 43.1. The second kappa shape index (κ2) is 5.70. The number of carbonyl (C=O) groups is 3. The molecule has 2 atom stereocenters. The molecule has 140 valence electrons. The Balaban J connectivity index is 1.84. The normalized spacial score (nSPS) is 28.8. The summed E-state index contributed by atoms with van der Waals surface area (Å²) in [5.74, 6) is -1.52. The lowest BCUT2D eigenvalue weighted by atomic mass is 9.65. The van der Waals surface area contributed by atoms with Crippen LogP contribution in [0, 0.1) is 16.2 Å². The van der Waals surface area contributed by atoms with Gasteiger partial charge in [0.1, 0.15) is 10.9 Å². The third-order valence-corrected chi connectivity index (χ3v) is 8.08. The van der Waals surface area contributed by atoms with Crippen LogP contribution in [0.25, 0.3) is 10.9 Å². The van der Waals surface area contributed by atoms with E-state index in [1.165, 1.54) is 0 Å². The summed E-state index contributed by atoms with van der Waals surface area (Å²) in [6.07, 6.45) is 2.43. The average molecular weight is 495 g/mol. The van der Waals surface area contributed by atoms with Gasteiger partial charge in [-0.05, 0) is 40.9 Å². The first-order valence-corrected chi connectivity index (χ1v) is 10.2. The molecule has 7 heteroatoms. The number of rotatable bonds is 2. The Kier molecular flexibility index (Phi) is 3.96. The monoisotopic (exact) mass is 493 g/mol. The zero-order valence-electron chi connectivity index (χ0n) is 15.1. The predicted molar refractivity (Wildman–Crippen MR) is 106 cm³/mol. The molecule has 27 heavy (non-hydrogen) atoms. The lowest BCUT2D eigenvalue weighted by molar-refractivity contribution is -0.157. The molecule has 0 saturated heterocycles. The maximum Gasteiger partial charge on any atom is 0.326 e. The molecule has 0 spiro atoms. The van der Waals surface area contributed by atoms with Crippen molar-refractivity contribution in [2.45, 2.75) is 33.6 Å². The van der Waals surface area contributed by atoms with Crippen LogP contribution >= 0.6 is 31.9 Å². The fourth-order valence-corrected chi connectivity index (χ4v) is 6.00. The van der Waals surface area contributed by atoms with Gasteiger partial charge in [0.05, 0.1) is 4.47 Å². The molecule has 2 aromatic rings. The quantitative estimate of drug-likeness (QED) is 0.263. The Bertz CT molecular complexity index is 1050. The van der Waals surface area contributed by atoms with Gasteiger partial charge in [-0.1, -0.05) is 42.8 Å². The highest BCUT2D eigenvalue weighted by atomic mass is 79.9. The maximum atomic E-state index is 13.3. The SMILES string of the molecule is CC12CCC(C(=O)Oc3c(Br)cc(Br)c4cccnc34)(C(=O)C1=O)C2(C)C. The van der Waals surface area contributed by atoms with Crippen molar-refractivity contribution in [1.29, 1.82) is 0 Å². The molecule has 2 aliphatic rings. The molecule has 4 rings (SSSR count).